The van der Waals surface area contributed by atoms with E-state index in [2.05, 4.69) is 25.5 Å². The fourth-order valence-corrected chi connectivity index (χ4v) is 7.13. The zero-order chi connectivity index (χ0) is 39.7. The van der Waals surface area contributed by atoms with Crippen molar-refractivity contribution in [3.8, 4) is 11.3 Å². The third kappa shape index (κ3) is 8.23. The molecule has 11 nitrogen and oxygen atoms in total. The van der Waals surface area contributed by atoms with E-state index in [0.717, 1.165) is 30.7 Å². The molecule has 2 amide bonds. The second kappa shape index (κ2) is 15.7. The molecule has 0 bridgehead atoms. The van der Waals surface area contributed by atoms with Gasteiger partial charge < -0.3 is 20.5 Å². The van der Waals surface area contributed by atoms with Gasteiger partial charge in [-0.15, -0.1) is 0 Å². The molecule has 296 valence electrons. The molecule has 0 atom stereocenters. The number of aromatic nitrogens is 2. The molecule has 2 fully saturated rings. The van der Waals surface area contributed by atoms with Crippen LogP contribution in [0.15, 0.2) is 54.1 Å². The lowest BCUT2D eigenvalue weighted by molar-refractivity contribution is -0.163. The van der Waals surface area contributed by atoms with Gasteiger partial charge >= 0.3 is 12.4 Å². The lowest BCUT2D eigenvalue weighted by Gasteiger charge is -2.48. The van der Waals surface area contributed by atoms with E-state index in [0.29, 0.717) is 63.5 Å². The van der Waals surface area contributed by atoms with Crippen LogP contribution >= 0.6 is 0 Å². The smallest absolute Gasteiger partial charge is 0.433 e. The van der Waals surface area contributed by atoms with Crippen molar-refractivity contribution in [1.82, 2.24) is 24.9 Å². The average Bonchev–Trinajstić information content (AvgIpc) is 3.65. The number of halogens is 8. The number of aliphatic hydroxyl groups is 1. The molecule has 1 aliphatic carbocycles. The third-order valence-electron chi connectivity index (χ3n) is 10.1. The first-order chi connectivity index (χ1) is 26.0. The molecule has 0 radical (unpaired) electrons. The van der Waals surface area contributed by atoms with Crippen molar-refractivity contribution in [3.63, 3.8) is 0 Å². The van der Waals surface area contributed by atoms with Gasteiger partial charge in [0.1, 0.15) is 23.4 Å². The standard InChI is InChI=1S/C36H37F8N7O4/c1-49-34(9-2-3-10-34)31(52)28(32(53)48-24-8-6-22(35(39,40)41)17-23(24)26-18-27(36(42,43)44)47-20-46-26)33(54)51(49)19-21-5-7-25(30(38)29(21)37)45-11-4-12-50-13-15-55-16-14-50/h5-8,17-18,20,45,52H,2-4,9-16,19H2,1H3,(H,48,53). The van der Waals surface area contributed by atoms with Gasteiger partial charge in [-0.25, -0.2) is 23.8 Å². The van der Waals surface area contributed by atoms with Gasteiger partial charge in [0.2, 0.25) is 0 Å². The number of anilines is 2. The van der Waals surface area contributed by atoms with Gasteiger partial charge in [-0.2, -0.15) is 26.3 Å². The summed E-state index contributed by atoms with van der Waals surface area (Å²) in [7, 11) is 1.45. The fraction of sp³-hybridized carbons (Fsp3) is 0.444. The molecule has 1 saturated heterocycles. The predicted octanol–water partition coefficient (Wildman–Crippen LogP) is 6.55. The van der Waals surface area contributed by atoms with E-state index in [4.69, 9.17) is 4.74 Å². The van der Waals surface area contributed by atoms with Gasteiger partial charge in [0.05, 0.1) is 47.9 Å². The average molecular weight is 784 g/mol. The number of alkyl halides is 6. The molecule has 0 unspecified atom stereocenters. The van der Waals surface area contributed by atoms with Gasteiger partial charge in [0.15, 0.2) is 11.6 Å². The number of hydrogen-bond donors (Lipinski definition) is 3. The summed E-state index contributed by atoms with van der Waals surface area (Å²) in [4.78, 5) is 37.0. The Morgan fingerprint density at radius 2 is 1.64 bits per heavy atom. The summed E-state index contributed by atoms with van der Waals surface area (Å²) in [6.45, 7) is 3.34. The monoisotopic (exact) mass is 783 g/mol. The number of ether oxygens (including phenoxy) is 1. The maximum Gasteiger partial charge on any atom is 0.433 e. The van der Waals surface area contributed by atoms with Crippen molar-refractivity contribution in [2.45, 2.75) is 56.5 Å². The molecular weight excluding hydrogens is 746 g/mol. The molecule has 19 heteroatoms. The largest absolute Gasteiger partial charge is 0.509 e. The van der Waals surface area contributed by atoms with Crippen LogP contribution in [0, 0.1) is 11.6 Å². The number of hydrogen-bond acceptors (Lipinski definition) is 9. The van der Waals surface area contributed by atoms with Crippen LogP contribution in [0.5, 0.6) is 0 Å². The molecule has 3 heterocycles. The third-order valence-corrected chi connectivity index (χ3v) is 10.1. The summed E-state index contributed by atoms with van der Waals surface area (Å²) < 4.78 is 118. The SMILES string of the molecule is CN1N(Cc2ccc(NCCCN3CCOCC3)c(F)c2F)C(=O)C(C(=O)Nc2ccc(C(F)(F)F)cc2-c2cc(C(F)(F)F)ncn2)=C(O)C12CCCC2. The fourth-order valence-electron chi connectivity index (χ4n) is 7.13. The normalized spacial score (nSPS) is 18.3. The second-order valence-electron chi connectivity index (χ2n) is 13.5. The summed E-state index contributed by atoms with van der Waals surface area (Å²) in [5, 5.41) is 19.1. The van der Waals surface area contributed by atoms with E-state index in [1.54, 1.807) is 0 Å². The number of amides is 2. The van der Waals surface area contributed by atoms with E-state index >= 15 is 8.78 Å². The zero-order valence-corrected chi connectivity index (χ0v) is 29.5. The van der Waals surface area contributed by atoms with Crippen molar-refractivity contribution >= 4 is 23.2 Å². The van der Waals surface area contributed by atoms with Gasteiger partial charge in [-0.05, 0) is 56.1 Å². The molecule has 3 aliphatic rings. The molecule has 1 spiro atoms. The first-order valence-electron chi connectivity index (χ1n) is 17.4. The highest BCUT2D eigenvalue weighted by molar-refractivity contribution is 6.24. The van der Waals surface area contributed by atoms with E-state index in [1.807, 2.05) is 0 Å². The topological polar surface area (TPSA) is 123 Å². The van der Waals surface area contributed by atoms with Gasteiger partial charge in [0.25, 0.3) is 11.8 Å². The minimum absolute atomic E-state index is 0.0928. The maximum absolute atomic E-state index is 15.6. The van der Waals surface area contributed by atoms with Gasteiger partial charge in [-0.1, -0.05) is 18.9 Å². The number of rotatable bonds is 10. The summed E-state index contributed by atoms with van der Waals surface area (Å²) in [6.07, 6.45) is -7.18. The zero-order valence-electron chi connectivity index (χ0n) is 29.5. The quantitative estimate of drug-likeness (QED) is 0.120. The Labute approximate surface area is 309 Å². The first-order valence-corrected chi connectivity index (χ1v) is 17.4. The van der Waals surface area contributed by atoms with Crippen LogP contribution in [0.3, 0.4) is 0 Å². The molecular formula is C36H37F8N7O4. The van der Waals surface area contributed by atoms with Crippen molar-refractivity contribution in [1.29, 1.82) is 0 Å². The minimum Gasteiger partial charge on any atom is -0.509 e. The Morgan fingerprint density at radius 3 is 2.31 bits per heavy atom. The molecule has 2 aliphatic heterocycles. The van der Waals surface area contributed by atoms with Crippen LogP contribution in [0.1, 0.15) is 48.9 Å². The molecule has 2 aromatic carbocycles. The molecule has 1 aromatic heterocycles. The first kappa shape index (κ1) is 39.8. The van der Waals surface area contributed by atoms with Crippen molar-refractivity contribution in [2.24, 2.45) is 0 Å². The highest BCUT2D eigenvalue weighted by Gasteiger charge is 2.53. The molecule has 55 heavy (non-hydrogen) atoms. The van der Waals surface area contributed by atoms with Crippen molar-refractivity contribution in [3.05, 3.63) is 82.5 Å². The number of hydrazine groups is 1. The maximum atomic E-state index is 15.6. The highest BCUT2D eigenvalue weighted by Crippen LogP contribution is 2.45. The van der Waals surface area contributed by atoms with E-state index in [9.17, 15) is 41.0 Å². The molecule has 3 aromatic rings. The van der Waals surface area contributed by atoms with Crippen LogP contribution in [0.4, 0.5) is 46.5 Å². The molecule has 1 saturated carbocycles. The van der Waals surface area contributed by atoms with Gasteiger partial charge in [0, 0.05) is 37.8 Å². The molecule has 3 N–H and O–H groups in total. The van der Waals surface area contributed by atoms with Crippen LogP contribution < -0.4 is 10.6 Å². The Bertz CT molecular complexity index is 1960. The predicted molar refractivity (Wildman–Crippen MR) is 182 cm³/mol. The summed E-state index contributed by atoms with van der Waals surface area (Å²) >= 11 is 0. The van der Waals surface area contributed by atoms with E-state index < -0.39 is 87.4 Å². The number of aliphatic hydroxyl groups excluding tert-OH is 1. The summed E-state index contributed by atoms with van der Waals surface area (Å²) in [5.41, 5.74) is -6.93. The number of likely N-dealkylation sites (N-methyl/N-ethyl adjacent to an activating group) is 1. The summed E-state index contributed by atoms with van der Waals surface area (Å²) in [5.74, 6) is -5.53. The highest BCUT2D eigenvalue weighted by atomic mass is 19.4. The van der Waals surface area contributed by atoms with Crippen LogP contribution in [-0.2, 0) is 33.2 Å². The number of nitrogens with zero attached hydrogens (tertiary/aromatic N) is 5. The number of carbonyl (C=O) groups is 2. The number of benzene rings is 2. The van der Waals surface area contributed by atoms with E-state index in [1.165, 1.54) is 24.2 Å². The molecule has 6 rings (SSSR count). The Balaban J connectivity index is 1.28. The van der Waals surface area contributed by atoms with Crippen molar-refractivity contribution < 1.29 is 54.6 Å². The minimum atomic E-state index is -4.98. The number of nitrogens with one attached hydrogen (secondary N) is 2. The lowest BCUT2D eigenvalue weighted by Crippen LogP contribution is -2.62. The summed E-state index contributed by atoms with van der Waals surface area (Å²) in [6, 6.07) is 4.84. The Hall–Kier alpha value is -4.88. The Kier molecular flexibility index (Phi) is 11.4. The Morgan fingerprint density at radius 1 is 0.945 bits per heavy atom. The second-order valence-corrected chi connectivity index (χ2v) is 13.5. The number of morpholine rings is 1. The van der Waals surface area contributed by atoms with Crippen LogP contribution in [-0.4, -0.2) is 93.8 Å². The van der Waals surface area contributed by atoms with Crippen LogP contribution in [0.2, 0.25) is 0 Å². The van der Waals surface area contributed by atoms with Crippen molar-refractivity contribution in [2.75, 3.05) is 57.1 Å². The van der Waals surface area contributed by atoms with E-state index in [-0.39, 0.29) is 24.1 Å². The van der Waals surface area contributed by atoms with Crippen LogP contribution in [0.25, 0.3) is 11.3 Å². The number of carbonyl (C=O) groups excluding carboxylic acids is 2. The lowest BCUT2D eigenvalue weighted by atomic mass is 9.88. The van der Waals surface area contributed by atoms with Gasteiger partial charge in [-0.3, -0.25) is 19.5 Å².